The average molecular weight is 418 g/mol. The predicted octanol–water partition coefficient (Wildman–Crippen LogP) is 4.62. The molecule has 0 spiro atoms. The van der Waals surface area contributed by atoms with E-state index in [4.69, 9.17) is 4.74 Å². The van der Waals surface area contributed by atoms with E-state index in [1.54, 1.807) is 31.4 Å². The fourth-order valence-electron chi connectivity index (χ4n) is 3.17. The number of hydrogen-bond donors (Lipinski definition) is 3. The lowest BCUT2D eigenvalue weighted by Gasteiger charge is -2.12. The number of methoxy groups -OCH3 is 1. The van der Waals surface area contributed by atoms with Crippen molar-refractivity contribution < 1.29 is 14.3 Å². The zero-order valence-electron chi connectivity index (χ0n) is 18.0. The largest absolute Gasteiger partial charge is 0.497 e. The second kappa shape index (κ2) is 10.3. The molecule has 0 fully saturated rings. The first-order valence-corrected chi connectivity index (χ1v) is 10.2. The molecule has 2 amide bonds. The van der Waals surface area contributed by atoms with Crippen LogP contribution >= 0.6 is 0 Å². The van der Waals surface area contributed by atoms with Gasteiger partial charge in [0, 0.05) is 35.6 Å². The van der Waals surface area contributed by atoms with Crippen molar-refractivity contribution in [2.24, 2.45) is 0 Å². The topological polar surface area (TPSA) is 79.5 Å². The molecule has 0 saturated heterocycles. The van der Waals surface area contributed by atoms with Gasteiger partial charge in [-0.2, -0.15) is 0 Å². The molecule has 0 bridgehead atoms. The normalized spacial score (nSPS) is 10.3. The summed E-state index contributed by atoms with van der Waals surface area (Å²) in [5.74, 6) is 0.459. The minimum Gasteiger partial charge on any atom is -0.497 e. The molecule has 3 aromatic rings. The Morgan fingerprint density at radius 3 is 2.32 bits per heavy atom. The van der Waals surface area contributed by atoms with Gasteiger partial charge in [0.2, 0.25) is 0 Å². The minimum absolute atomic E-state index is 0.0718. The highest BCUT2D eigenvalue weighted by Crippen LogP contribution is 2.19. The highest BCUT2D eigenvalue weighted by molar-refractivity contribution is 6.04. The Kier molecular flexibility index (Phi) is 7.27. The summed E-state index contributed by atoms with van der Waals surface area (Å²) in [5.41, 5.74) is 4.91. The molecule has 0 saturated carbocycles. The Bertz CT molecular complexity index is 1060. The Morgan fingerprint density at radius 2 is 1.65 bits per heavy atom. The van der Waals surface area contributed by atoms with Crippen LogP contribution in [0.1, 0.15) is 38.8 Å². The number of hydrogen-bond acceptors (Lipinski definition) is 4. The first-order chi connectivity index (χ1) is 15.0. The van der Waals surface area contributed by atoms with E-state index in [1.165, 1.54) is 0 Å². The third-order valence-electron chi connectivity index (χ3n) is 4.85. The van der Waals surface area contributed by atoms with E-state index in [-0.39, 0.29) is 11.8 Å². The zero-order valence-corrected chi connectivity index (χ0v) is 18.0. The van der Waals surface area contributed by atoms with Crippen molar-refractivity contribution in [1.29, 1.82) is 0 Å². The summed E-state index contributed by atoms with van der Waals surface area (Å²) >= 11 is 0. The number of benzene rings is 3. The number of carbonyl (C=O) groups is 2. The van der Waals surface area contributed by atoms with Gasteiger partial charge in [0.25, 0.3) is 11.8 Å². The fourth-order valence-corrected chi connectivity index (χ4v) is 3.17. The van der Waals surface area contributed by atoms with Crippen LogP contribution < -0.4 is 20.7 Å². The first kappa shape index (κ1) is 21.9. The molecule has 160 valence electrons. The lowest BCUT2D eigenvalue weighted by molar-refractivity contribution is 0.0955. The van der Waals surface area contributed by atoms with E-state index < -0.39 is 0 Å². The van der Waals surface area contributed by atoms with Gasteiger partial charge in [-0.15, -0.1) is 0 Å². The molecule has 0 aliphatic rings. The van der Waals surface area contributed by atoms with Gasteiger partial charge in [-0.25, -0.2) is 0 Å². The summed E-state index contributed by atoms with van der Waals surface area (Å²) in [5, 5.41) is 9.13. The van der Waals surface area contributed by atoms with Crippen LogP contribution in [0, 0.1) is 6.92 Å². The Labute approximate surface area is 182 Å². The molecular formula is C25H27N3O3. The third kappa shape index (κ3) is 5.85. The van der Waals surface area contributed by atoms with E-state index in [2.05, 4.69) is 16.0 Å². The Hall–Kier alpha value is -3.80. The summed E-state index contributed by atoms with van der Waals surface area (Å²) < 4.78 is 5.13. The molecule has 0 aromatic heterocycles. The predicted molar refractivity (Wildman–Crippen MR) is 124 cm³/mol. The molecule has 3 N–H and O–H groups in total. The summed E-state index contributed by atoms with van der Waals surface area (Å²) in [7, 11) is 1.59. The minimum atomic E-state index is -0.176. The number of rotatable bonds is 8. The van der Waals surface area contributed by atoms with Gasteiger partial charge in [-0.3, -0.25) is 9.59 Å². The van der Waals surface area contributed by atoms with Gasteiger partial charge in [0.05, 0.1) is 7.11 Å². The number of anilines is 2. The van der Waals surface area contributed by atoms with E-state index in [0.29, 0.717) is 30.0 Å². The van der Waals surface area contributed by atoms with Crippen LogP contribution in [-0.4, -0.2) is 25.5 Å². The molecule has 0 heterocycles. The Balaban J connectivity index is 1.62. The highest BCUT2D eigenvalue weighted by Gasteiger charge is 2.08. The lowest BCUT2D eigenvalue weighted by atomic mass is 10.1. The standard InChI is InChI=1S/C25H27N3O3/c1-4-26-24(29)20-10-13-23(17(2)14-20)27-16-18-6-5-7-21(15-18)28-25(30)19-8-11-22(31-3)12-9-19/h5-15,27H,4,16H2,1-3H3,(H,26,29)(H,28,30). The van der Waals surface area contributed by atoms with Gasteiger partial charge in [-0.1, -0.05) is 12.1 Å². The van der Waals surface area contributed by atoms with E-state index >= 15 is 0 Å². The lowest BCUT2D eigenvalue weighted by Crippen LogP contribution is -2.22. The third-order valence-corrected chi connectivity index (χ3v) is 4.85. The zero-order chi connectivity index (χ0) is 22.2. The van der Waals surface area contributed by atoms with Crippen LogP contribution in [0.2, 0.25) is 0 Å². The van der Waals surface area contributed by atoms with E-state index in [1.807, 2.05) is 56.3 Å². The average Bonchev–Trinajstić information content (AvgIpc) is 2.78. The van der Waals surface area contributed by atoms with Crippen molar-refractivity contribution in [3.05, 3.63) is 89.0 Å². The number of nitrogens with one attached hydrogen (secondary N) is 3. The number of aryl methyl sites for hydroxylation is 1. The summed E-state index contributed by atoms with van der Waals surface area (Å²) in [4.78, 5) is 24.5. The molecular weight excluding hydrogens is 390 g/mol. The van der Waals surface area contributed by atoms with Gasteiger partial charge < -0.3 is 20.7 Å². The summed E-state index contributed by atoms with van der Waals surface area (Å²) in [6.45, 7) is 5.06. The molecule has 31 heavy (non-hydrogen) atoms. The smallest absolute Gasteiger partial charge is 0.255 e. The molecule has 0 aliphatic carbocycles. The van der Waals surface area contributed by atoms with Crippen molar-refractivity contribution in [2.45, 2.75) is 20.4 Å². The second-order valence-electron chi connectivity index (χ2n) is 7.13. The maximum Gasteiger partial charge on any atom is 0.255 e. The SMILES string of the molecule is CCNC(=O)c1ccc(NCc2cccc(NC(=O)c3ccc(OC)cc3)c2)c(C)c1. The molecule has 0 unspecified atom stereocenters. The highest BCUT2D eigenvalue weighted by atomic mass is 16.5. The number of carbonyl (C=O) groups excluding carboxylic acids is 2. The van der Waals surface area contributed by atoms with Crippen LogP contribution in [0.25, 0.3) is 0 Å². The molecule has 3 rings (SSSR count). The van der Waals surface area contributed by atoms with Gasteiger partial charge >= 0.3 is 0 Å². The van der Waals surface area contributed by atoms with Crippen LogP contribution in [0.4, 0.5) is 11.4 Å². The Morgan fingerprint density at radius 1 is 0.903 bits per heavy atom. The van der Waals surface area contributed by atoms with Crippen molar-refractivity contribution in [3.8, 4) is 5.75 Å². The van der Waals surface area contributed by atoms with Gasteiger partial charge in [0.1, 0.15) is 5.75 Å². The molecule has 3 aromatic carbocycles. The van der Waals surface area contributed by atoms with Crippen molar-refractivity contribution in [1.82, 2.24) is 5.32 Å². The van der Waals surface area contributed by atoms with Crippen LogP contribution in [-0.2, 0) is 6.54 Å². The quantitative estimate of drug-likeness (QED) is 0.500. The van der Waals surface area contributed by atoms with Gasteiger partial charge in [-0.05, 0) is 79.6 Å². The summed E-state index contributed by atoms with van der Waals surface area (Å²) in [6.07, 6.45) is 0. The number of ether oxygens (including phenoxy) is 1. The van der Waals surface area contributed by atoms with Crippen molar-refractivity contribution in [3.63, 3.8) is 0 Å². The molecule has 6 heteroatoms. The summed E-state index contributed by atoms with van der Waals surface area (Å²) in [6, 6.07) is 20.3. The van der Waals surface area contributed by atoms with E-state index in [9.17, 15) is 9.59 Å². The molecule has 6 nitrogen and oxygen atoms in total. The van der Waals surface area contributed by atoms with E-state index in [0.717, 1.165) is 22.5 Å². The monoisotopic (exact) mass is 417 g/mol. The van der Waals surface area contributed by atoms with Crippen LogP contribution in [0.15, 0.2) is 66.7 Å². The molecule has 0 atom stereocenters. The fraction of sp³-hybridized carbons (Fsp3) is 0.200. The second-order valence-corrected chi connectivity index (χ2v) is 7.13. The van der Waals surface area contributed by atoms with Crippen molar-refractivity contribution in [2.75, 3.05) is 24.3 Å². The van der Waals surface area contributed by atoms with Crippen molar-refractivity contribution >= 4 is 23.2 Å². The maximum absolute atomic E-state index is 12.5. The number of amides is 2. The first-order valence-electron chi connectivity index (χ1n) is 10.2. The van der Waals surface area contributed by atoms with Gasteiger partial charge in [0.15, 0.2) is 0 Å². The van der Waals surface area contributed by atoms with Crippen LogP contribution in [0.3, 0.4) is 0 Å². The molecule has 0 radical (unpaired) electrons. The van der Waals surface area contributed by atoms with Crippen LogP contribution in [0.5, 0.6) is 5.75 Å². The molecule has 0 aliphatic heterocycles. The maximum atomic E-state index is 12.5.